The van der Waals surface area contributed by atoms with Crippen molar-refractivity contribution in [1.29, 1.82) is 0 Å². The van der Waals surface area contributed by atoms with Crippen molar-refractivity contribution < 1.29 is 9.53 Å². The summed E-state index contributed by atoms with van der Waals surface area (Å²) < 4.78 is 5.77. The van der Waals surface area contributed by atoms with E-state index in [-0.39, 0.29) is 18.1 Å². The average molecular weight is 352 g/mol. The highest BCUT2D eigenvalue weighted by atomic mass is 16.5. The van der Waals surface area contributed by atoms with Crippen molar-refractivity contribution in [2.75, 3.05) is 5.32 Å². The number of ether oxygens (including phenoxy) is 1. The number of nitrogens with one attached hydrogen (secondary N) is 1. The number of para-hydroxylation sites is 1. The molecule has 2 aromatic rings. The smallest absolute Gasteiger partial charge is 0.258 e. The summed E-state index contributed by atoms with van der Waals surface area (Å²) in [6.45, 7) is 10.3. The Hall–Kier alpha value is -2.49. The van der Waals surface area contributed by atoms with E-state index in [0.29, 0.717) is 0 Å². The Balaban J connectivity index is 2.09. The minimum atomic E-state index is -0.573. The summed E-state index contributed by atoms with van der Waals surface area (Å²) in [7, 11) is 0. The zero-order valence-corrected chi connectivity index (χ0v) is 16.2. The van der Waals surface area contributed by atoms with Crippen LogP contribution in [0.5, 0.6) is 5.75 Å². The Labute approximate surface area is 156 Å². The van der Waals surface area contributed by atoms with Crippen molar-refractivity contribution in [2.45, 2.75) is 58.8 Å². The molecular formula is C22H28N2O2. The van der Waals surface area contributed by atoms with Crippen molar-refractivity contribution in [3.8, 4) is 5.75 Å². The molecule has 0 bridgehead atoms. The van der Waals surface area contributed by atoms with E-state index in [1.54, 1.807) is 0 Å². The maximum Gasteiger partial charge on any atom is 0.258 e. The first-order chi connectivity index (χ1) is 12.4. The molecule has 4 nitrogen and oxygen atoms in total. The van der Waals surface area contributed by atoms with Crippen LogP contribution in [0.25, 0.3) is 0 Å². The summed E-state index contributed by atoms with van der Waals surface area (Å²) in [4.78, 5) is 15.2. The second-order valence-electron chi connectivity index (χ2n) is 7.34. The predicted octanol–water partition coefficient (Wildman–Crippen LogP) is 5.01. The van der Waals surface area contributed by atoms with Crippen molar-refractivity contribution in [3.05, 3.63) is 59.7 Å². The molecule has 0 radical (unpaired) electrons. The minimum absolute atomic E-state index is 0.0647. The van der Waals surface area contributed by atoms with Crippen molar-refractivity contribution in [3.63, 3.8) is 0 Å². The van der Waals surface area contributed by atoms with Gasteiger partial charge in [-0.15, -0.1) is 0 Å². The van der Waals surface area contributed by atoms with E-state index in [1.165, 1.54) is 0 Å². The van der Waals surface area contributed by atoms with Crippen molar-refractivity contribution in [2.24, 2.45) is 0 Å². The number of rotatable bonds is 5. The van der Waals surface area contributed by atoms with E-state index in [4.69, 9.17) is 4.74 Å². The first kappa shape index (κ1) is 18.3. The fourth-order valence-electron chi connectivity index (χ4n) is 3.80. The fraction of sp³-hybridized carbons (Fsp3) is 0.409. The van der Waals surface area contributed by atoms with Crippen LogP contribution >= 0.6 is 0 Å². The summed E-state index contributed by atoms with van der Waals surface area (Å²) in [5.74, 6) is 0.910. The van der Waals surface area contributed by atoms with Crippen LogP contribution in [-0.4, -0.2) is 23.0 Å². The highest BCUT2D eigenvalue weighted by Crippen LogP contribution is 2.41. The van der Waals surface area contributed by atoms with E-state index < -0.39 is 5.66 Å². The van der Waals surface area contributed by atoms with Gasteiger partial charge in [-0.1, -0.05) is 31.2 Å². The summed E-state index contributed by atoms with van der Waals surface area (Å²) in [6, 6.07) is 15.9. The van der Waals surface area contributed by atoms with E-state index in [9.17, 15) is 4.79 Å². The molecular weight excluding hydrogens is 324 g/mol. The van der Waals surface area contributed by atoms with Crippen molar-refractivity contribution >= 4 is 11.6 Å². The van der Waals surface area contributed by atoms with Crippen LogP contribution in [0.2, 0.25) is 0 Å². The minimum Gasteiger partial charge on any atom is -0.491 e. The number of anilines is 1. The number of carbonyl (C=O) groups is 1. The standard InChI is InChI=1S/C22H28N2O2/c1-6-22(17-11-13-18(14-12-17)26-16(4)5)23-20-10-8-7-9-19(20)21(25)24(22)15(2)3/h7-16,23H,6H2,1-5H3. The van der Waals surface area contributed by atoms with Crippen LogP contribution in [0.1, 0.15) is 57.0 Å². The molecule has 1 aliphatic heterocycles. The van der Waals surface area contributed by atoms with Gasteiger partial charge in [0.15, 0.2) is 0 Å². The number of fused-ring (bicyclic) bond motifs is 1. The first-order valence-corrected chi connectivity index (χ1v) is 9.37. The third-order valence-corrected chi connectivity index (χ3v) is 4.86. The van der Waals surface area contributed by atoms with Crippen molar-refractivity contribution in [1.82, 2.24) is 4.90 Å². The molecule has 0 spiro atoms. The van der Waals surface area contributed by atoms with Crippen LogP contribution in [0.3, 0.4) is 0 Å². The van der Waals surface area contributed by atoms with E-state index in [0.717, 1.165) is 29.0 Å². The third kappa shape index (κ3) is 3.05. The van der Waals surface area contributed by atoms with Crippen LogP contribution in [0.4, 0.5) is 5.69 Å². The van der Waals surface area contributed by atoms with Gasteiger partial charge in [0, 0.05) is 11.7 Å². The van der Waals surface area contributed by atoms with Gasteiger partial charge in [-0.3, -0.25) is 4.79 Å². The highest BCUT2D eigenvalue weighted by Gasteiger charge is 2.45. The molecule has 3 rings (SSSR count). The lowest BCUT2D eigenvalue weighted by Gasteiger charge is -2.50. The monoisotopic (exact) mass is 352 g/mol. The third-order valence-electron chi connectivity index (χ3n) is 4.86. The second-order valence-corrected chi connectivity index (χ2v) is 7.34. The van der Waals surface area contributed by atoms with E-state index in [1.807, 2.05) is 55.1 Å². The lowest BCUT2D eigenvalue weighted by Crippen LogP contribution is -2.59. The lowest BCUT2D eigenvalue weighted by atomic mass is 9.88. The molecule has 0 aromatic heterocycles. The maximum atomic E-state index is 13.3. The van der Waals surface area contributed by atoms with Gasteiger partial charge in [0.2, 0.25) is 0 Å². The molecule has 0 saturated carbocycles. The topological polar surface area (TPSA) is 41.6 Å². The summed E-state index contributed by atoms with van der Waals surface area (Å²) in [5.41, 5.74) is 2.10. The van der Waals surface area contributed by atoms with Crippen LogP contribution in [0.15, 0.2) is 48.5 Å². The molecule has 1 unspecified atom stereocenters. The summed E-state index contributed by atoms with van der Waals surface area (Å²) in [6.07, 6.45) is 0.893. The maximum absolute atomic E-state index is 13.3. The Morgan fingerprint density at radius 1 is 1.04 bits per heavy atom. The first-order valence-electron chi connectivity index (χ1n) is 9.37. The summed E-state index contributed by atoms with van der Waals surface area (Å²) >= 11 is 0. The Bertz CT molecular complexity index is 783. The zero-order chi connectivity index (χ0) is 18.9. The molecule has 1 aliphatic rings. The predicted molar refractivity (Wildman–Crippen MR) is 106 cm³/mol. The quantitative estimate of drug-likeness (QED) is 0.822. The molecule has 1 N–H and O–H groups in total. The second kappa shape index (κ2) is 7.02. The number of benzene rings is 2. The van der Waals surface area contributed by atoms with Gasteiger partial charge in [-0.2, -0.15) is 0 Å². The summed E-state index contributed by atoms with van der Waals surface area (Å²) in [5, 5.41) is 3.66. The molecule has 4 heteroatoms. The number of amides is 1. The van der Waals surface area contributed by atoms with Crippen LogP contribution in [-0.2, 0) is 5.66 Å². The van der Waals surface area contributed by atoms with E-state index >= 15 is 0 Å². The molecule has 0 aliphatic carbocycles. The van der Waals surface area contributed by atoms with Gasteiger partial charge in [0.25, 0.3) is 5.91 Å². The van der Waals surface area contributed by atoms with Crippen LogP contribution in [0, 0.1) is 0 Å². The Morgan fingerprint density at radius 2 is 1.69 bits per heavy atom. The van der Waals surface area contributed by atoms with Gasteiger partial charge in [0.1, 0.15) is 11.4 Å². The number of nitrogens with zero attached hydrogens (tertiary/aromatic N) is 1. The van der Waals surface area contributed by atoms with Gasteiger partial charge in [-0.05, 0) is 63.9 Å². The average Bonchev–Trinajstić information content (AvgIpc) is 2.61. The molecule has 138 valence electrons. The van der Waals surface area contributed by atoms with Gasteiger partial charge < -0.3 is 15.0 Å². The largest absolute Gasteiger partial charge is 0.491 e. The van der Waals surface area contributed by atoms with Crippen LogP contribution < -0.4 is 10.1 Å². The zero-order valence-electron chi connectivity index (χ0n) is 16.2. The molecule has 2 aromatic carbocycles. The molecule has 0 fully saturated rings. The molecule has 0 saturated heterocycles. The fourth-order valence-corrected chi connectivity index (χ4v) is 3.80. The normalized spacial score (nSPS) is 19.5. The highest BCUT2D eigenvalue weighted by molar-refractivity contribution is 6.02. The number of hydrogen-bond acceptors (Lipinski definition) is 3. The lowest BCUT2D eigenvalue weighted by molar-refractivity contribution is 0.0371. The van der Waals surface area contributed by atoms with Gasteiger partial charge >= 0.3 is 0 Å². The Kier molecular flexibility index (Phi) is 4.94. The molecule has 1 atom stereocenters. The molecule has 1 heterocycles. The Morgan fingerprint density at radius 3 is 2.27 bits per heavy atom. The van der Waals surface area contributed by atoms with E-state index in [2.05, 4.69) is 38.2 Å². The molecule has 26 heavy (non-hydrogen) atoms. The SMILES string of the molecule is CCC1(c2ccc(OC(C)C)cc2)Nc2ccccc2C(=O)N1C(C)C. The van der Waals surface area contributed by atoms with Gasteiger partial charge in [-0.25, -0.2) is 0 Å². The number of carbonyl (C=O) groups excluding carboxylic acids is 1. The number of hydrogen-bond donors (Lipinski definition) is 1. The molecule has 1 amide bonds. The van der Waals surface area contributed by atoms with Gasteiger partial charge in [0.05, 0.1) is 11.7 Å².